The van der Waals surface area contributed by atoms with E-state index in [1.807, 2.05) is 24.4 Å². The lowest BCUT2D eigenvalue weighted by Gasteiger charge is -2.51. The minimum atomic E-state index is 0.201. The largest absolute Gasteiger partial charge is 0.508 e. The summed E-state index contributed by atoms with van der Waals surface area (Å²) in [5.41, 5.74) is 2.04. The van der Waals surface area contributed by atoms with Crippen LogP contribution in [0.1, 0.15) is 35.0 Å². The van der Waals surface area contributed by atoms with Gasteiger partial charge in [-0.15, -0.1) is 11.3 Å². The number of aromatic nitrogens is 1. The van der Waals surface area contributed by atoms with Crippen molar-refractivity contribution in [1.29, 1.82) is 0 Å². The second kappa shape index (κ2) is 6.60. The molecule has 1 N–H and O–H groups in total. The Morgan fingerprint density at radius 2 is 2.11 bits per heavy atom. The number of fused-ring (bicyclic) bond motifs is 2. The number of carbonyl (C=O) groups excluding carboxylic acids is 1. The van der Waals surface area contributed by atoms with Crippen molar-refractivity contribution in [2.75, 3.05) is 19.6 Å². The van der Waals surface area contributed by atoms with Crippen LogP contribution in [0.5, 0.6) is 5.75 Å². The predicted octanol–water partition coefficient (Wildman–Crippen LogP) is 2.79. The summed E-state index contributed by atoms with van der Waals surface area (Å²) < 4.78 is 0. The summed E-state index contributed by atoms with van der Waals surface area (Å²) in [5.74, 6) is 1.38. The van der Waals surface area contributed by atoms with Gasteiger partial charge in [0.1, 0.15) is 5.75 Å². The van der Waals surface area contributed by atoms with E-state index in [0.717, 1.165) is 35.9 Å². The van der Waals surface area contributed by atoms with E-state index >= 15 is 0 Å². The van der Waals surface area contributed by atoms with Crippen molar-refractivity contribution in [1.82, 2.24) is 14.8 Å². The number of thiazole rings is 1. The zero-order chi connectivity index (χ0) is 18.5. The number of phenols is 1. The topological polar surface area (TPSA) is 56.7 Å². The highest BCUT2D eigenvalue weighted by Gasteiger charge is 2.54. The molecule has 27 heavy (non-hydrogen) atoms. The van der Waals surface area contributed by atoms with E-state index in [-0.39, 0.29) is 11.8 Å². The van der Waals surface area contributed by atoms with Crippen molar-refractivity contribution in [2.24, 2.45) is 5.92 Å². The molecule has 0 saturated carbocycles. The zero-order valence-electron chi connectivity index (χ0n) is 15.5. The van der Waals surface area contributed by atoms with Gasteiger partial charge in [0.2, 0.25) is 5.91 Å². The number of phenolic OH excluding ortho intramolecular Hbond substituents is 1. The highest BCUT2D eigenvalue weighted by atomic mass is 32.1. The van der Waals surface area contributed by atoms with Crippen LogP contribution >= 0.6 is 11.3 Å². The summed E-state index contributed by atoms with van der Waals surface area (Å²) in [6.07, 6.45) is 2.77. The SMILES string of the molecule is Cc1nc(CC(=O)N2C[C@H](c3cccc(O)c3)[C@H]3[C@@H]2C2CCN3CC2)cs1. The molecule has 0 aliphatic carbocycles. The molecule has 4 saturated heterocycles. The standard InChI is InChI=1S/C21H25N3O2S/c1-13-22-16(12-27-13)10-19(26)24-11-18(15-3-2-4-17(25)9-15)21-20(24)14-5-7-23(21)8-6-14/h2-4,9,12,14,18,20-21,25H,5-8,10-11H2,1H3/t18-,20+,21+/m1/s1. The molecule has 6 heteroatoms. The highest BCUT2D eigenvalue weighted by Crippen LogP contribution is 2.47. The van der Waals surface area contributed by atoms with Crippen LogP contribution in [0.2, 0.25) is 0 Å². The van der Waals surface area contributed by atoms with E-state index in [0.29, 0.717) is 30.2 Å². The summed E-state index contributed by atoms with van der Waals surface area (Å²) in [5, 5.41) is 13.0. The number of likely N-dealkylation sites (tertiary alicyclic amines) is 1. The van der Waals surface area contributed by atoms with Crippen molar-refractivity contribution in [3.63, 3.8) is 0 Å². The first-order valence-electron chi connectivity index (χ1n) is 9.83. The van der Waals surface area contributed by atoms with Crippen molar-refractivity contribution < 1.29 is 9.90 Å². The number of rotatable bonds is 3. The van der Waals surface area contributed by atoms with Gasteiger partial charge in [-0.05, 0) is 56.5 Å². The number of piperidine rings is 3. The average molecular weight is 384 g/mol. The number of benzene rings is 1. The minimum absolute atomic E-state index is 0.201. The lowest BCUT2D eigenvalue weighted by atomic mass is 9.75. The zero-order valence-corrected chi connectivity index (χ0v) is 16.4. The minimum Gasteiger partial charge on any atom is -0.508 e. The van der Waals surface area contributed by atoms with E-state index in [4.69, 9.17) is 0 Å². The van der Waals surface area contributed by atoms with Gasteiger partial charge in [-0.1, -0.05) is 12.1 Å². The third-order valence-electron chi connectivity index (χ3n) is 6.61. The number of hydrogen-bond donors (Lipinski definition) is 1. The quantitative estimate of drug-likeness (QED) is 0.886. The fraction of sp³-hybridized carbons (Fsp3) is 0.524. The van der Waals surface area contributed by atoms with Crippen LogP contribution < -0.4 is 0 Å². The Hall–Kier alpha value is -1.92. The van der Waals surface area contributed by atoms with Gasteiger partial charge in [0.25, 0.3) is 0 Å². The molecule has 2 aromatic rings. The third kappa shape index (κ3) is 2.95. The van der Waals surface area contributed by atoms with Gasteiger partial charge in [0.15, 0.2) is 0 Å². The monoisotopic (exact) mass is 383 g/mol. The lowest BCUT2D eigenvalue weighted by Crippen LogP contribution is -2.60. The van der Waals surface area contributed by atoms with Gasteiger partial charge in [-0.3, -0.25) is 9.69 Å². The fourth-order valence-corrected chi connectivity index (χ4v) is 6.11. The van der Waals surface area contributed by atoms with Crippen LogP contribution in [0.4, 0.5) is 0 Å². The van der Waals surface area contributed by atoms with Crippen LogP contribution in [0.3, 0.4) is 0 Å². The number of carbonyl (C=O) groups is 1. The molecule has 5 nitrogen and oxygen atoms in total. The Kier molecular flexibility index (Phi) is 4.20. The normalized spacial score (nSPS) is 31.9. The number of hydrogen-bond acceptors (Lipinski definition) is 5. The molecule has 2 bridgehead atoms. The van der Waals surface area contributed by atoms with E-state index in [2.05, 4.69) is 20.9 Å². The Labute approximate surface area is 163 Å². The second-order valence-electron chi connectivity index (χ2n) is 8.14. The molecule has 1 amide bonds. The van der Waals surface area contributed by atoms with Crippen molar-refractivity contribution in [3.8, 4) is 5.75 Å². The van der Waals surface area contributed by atoms with Crippen molar-refractivity contribution >= 4 is 17.2 Å². The number of amides is 1. The molecule has 5 heterocycles. The first kappa shape index (κ1) is 17.2. The van der Waals surface area contributed by atoms with Gasteiger partial charge < -0.3 is 10.0 Å². The van der Waals surface area contributed by atoms with Crippen molar-refractivity contribution in [3.05, 3.63) is 45.9 Å². The summed E-state index contributed by atoms with van der Waals surface area (Å²) >= 11 is 1.60. The Morgan fingerprint density at radius 1 is 1.30 bits per heavy atom. The molecule has 0 unspecified atom stereocenters. The molecular formula is C21H25N3O2S. The molecule has 3 atom stereocenters. The number of aromatic hydroxyl groups is 1. The number of aryl methyl sites for hydroxylation is 1. The van der Waals surface area contributed by atoms with E-state index < -0.39 is 0 Å². The summed E-state index contributed by atoms with van der Waals surface area (Å²) in [6.45, 7) is 4.99. The first-order valence-corrected chi connectivity index (χ1v) is 10.7. The summed E-state index contributed by atoms with van der Waals surface area (Å²) in [6, 6.07) is 8.29. The number of nitrogens with zero attached hydrogens (tertiary/aromatic N) is 3. The highest BCUT2D eigenvalue weighted by molar-refractivity contribution is 7.09. The molecular weight excluding hydrogens is 358 g/mol. The molecule has 0 spiro atoms. The maximum Gasteiger partial charge on any atom is 0.228 e. The average Bonchev–Trinajstić information content (AvgIpc) is 3.28. The smallest absolute Gasteiger partial charge is 0.228 e. The van der Waals surface area contributed by atoms with Gasteiger partial charge in [0, 0.05) is 23.9 Å². The first-order chi connectivity index (χ1) is 13.1. The molecule has 6 rings (SSSR count). The molecule has 0 radical (unpaired) electrons. The van der Waals surface area contributed by atoms with Crippen LogP contribution in [0.15, 0.2) is 29.6 Å². The Morgan fingerprint density at radius 3 is 2.81 bits per heavy atom. The van der Waals surface area contributed by atoms with Crippen LogP contribution in [0, 0.1) is 12.8 Å². The van der Waals surface area contributed by atoms with Crippen molar-refractivity contribution in [2.45, 2.75) is 44.2 Å². The Bertz CT molecular complexity index is 859. The maximum atomic E-state index is 13.2. The molecule has 4 aliphatic heterocycles. The van der Waals surface area contributed by atoms with Gasteiger partial charge in [-0.25, -0.2) is 4.98 Å². The fourth-order valence-electron chi connectivity index (χ4n) is 5.50. The molecule has 4 aliphatic rings. The van der Waals surface area contributed by atoms with Gasteiger partial charge in [0.05, 0.1) is 23.2 Å². The predicted molar refractivity (Wildman–Crippen MR) is 105 cm³/mol. The van der Waals surface area contributed by atoms with Crippen LogP contribution in [0.25, 0.3) is 0 Å². The maximum absolute atomic E-state index is 13.2. The Balaban J connectivity index is 1.46. The summed E-state index contributed by atoms with van der Waals surface area (Å²) in [7, 11) is 0. The third-order valence-corrected chi connectivity index (χ3v) is 7.43. The molecule has 142 valence electrons. The summed E-state index contributed by atoms with van der Waals surface area (Å²) in [4.78, 5) is 22.4. The van der Waals surface area contributed by atoms with E-state index in [9.17, 15) is 9.90 Å². The van der Waals surface area contributed by atoms with Crippen LogP contribution in [-0.2, 0) is 11.2 Å². The second-order valence-corrected chi connectivity index (χ2v) is 9.20. The van der Waals surface area contributed by atoms with E-state index in [1.165, 1.54) is 12.8 Å². The van der Waals surface area contributed by atoms with Crippen LogP contribution in [-0.4, -0.2) is 57.5 Å². The molecule has 4 fully saturated rings. The lowest BCUT2D eigenvalue weighted by molar-refractivity contribution is -0.135. The van der Waals surface area contributed by atoms with E-state index in [1.54, 1.807) is 17.4 Å². The van der Waals surface area contributed by atoms with Gasteiger partial charge >= 0.3 is 0 Å². The van der Waals surface area contributed by atoms with Gasteiger partial charge in [-0.2, -0.15) is 0 Å². The molecule has 1 aromatic heterocycles. The molecule has 1 aromatic carbocycles.